The van der Waals surface area contributed by atoms with Crippen LogP contribution in [0, 0.1) is 0 Å². The molecule has 0 unspecified atom stereocenters. The maximum absolute atomic E-state index is 10.4. The lowest BCUT2D eigenvalue weighted by Gasteiger charge is -1.76. The fourth-order valence-corrected chi connectivity index (χ4v) is 0.371. The smallest absolute Gasteiger partial charge is 0.181 e. The van der Waals surface area contributed by atoms with Crippen LogP contribution in [0.5, 0.6) is 0 Å². The number of ketones is 1. The molecule has 9 heavy (non-hydrogen) atoms. The van der Waals surface area contributed by atoms with Crippen LogP contribution in [-0.4, -0.2) is 21.2 Å². The molecule has 0 fully saturated rings. The highest BCUT2D eigenvalue weighted by Gasteiger charge is 1.98. The maximum Gasteiger partial charge on any atom is 0.181 e. The topological polar surface area (TPSA) is 58.6 Å². The van der Waals surface area contributed by atoms with Gasteiger partial charge in [0.25, 0.3) is 0 Å². The summed E-state index contributed by atoms with van der Waals surface area (Å²) >= 11 is 0. The molecule has 1 heterocycles. The van der Waals surface area contributed by atoms with Crippen LogP contribution in [0.15, 0.2) is 6.20 Å². The number of hydrogen-bond acceptors (Lipinski definition) is 3. The molecule has 0 radical (unpaired) electrons. The monoisotopic (exact) mass is 147 g/mol. The average molecular weight is 148 g/mol. The van der Waals surface area contributed by atoms with Crippen molar-refractivity contribution in [3.05, 3.63) is 11.9 Å². The standard InChI is InChI=1S/C4H5N3O.ClH/c1-3(8)4-2-5-7-6-4;/h2H,1H3,(H,5,6,7);1H. The Morgan fingerprint density at radius 3 is 2.67 bits per heavy atom. The van der Waals surface area contributed by atoms with E-state index >= 15 is 0 Å². The zero-order valence-corrected chi connectivity index (χ0v) is 5.60. The van der Waals surface area contributed by atoms with Gasteiger partial charge in [-0.15, -0.1) is 12.4 Å². The van der Waals surface area contributed by atoms with Crippen LogP contribution in [0.25, 0.3) is 0 Å². The van der Waals surface area contributed by atoms with Crippen LogP contribution in [0.4, 0.5) is 0 Å². The number of nitrogens with one attached hydrogen (secondary N) is 1. The fourth-order valence-electron chi connectivity index (χ4n) is 0.371. The molecule has 0 aliphatic rings. The summed E-state index contributed by atoms with van der Waals surface area (Å²) in [5, 5.41) is 9.31. The summed E-state index contributed by atoms with van der Waals surface area (Å²) in [4.78, 5) is 10.4. The highest BCUT2D eigenvalue weighted by Crippen LogP contribution is 1.86. The van der Waals surface area contributed by atoms with E-state index in [1.807, 2.05) is 0 Å². The summed E-state index contributed by atoms with van der Waals surface area (Å²) < 4.78 is 0. The average Bonchev–Trinajstić information content (AvgIpc) is 2.12. The van der Waals surface area contributed by atoms with E-state index in [9.17, 15) is 4.79 Å². The molecule has 1 aromatic heterocycles. The van der Waals surface area contributed by atoms with E-state index in [2.05, 4.69) is 15.4 Å². The van der Waals surface area contributed by atoms with Crippen LogP contribution in [0.3, 0.4) is 0 Å². The van der Waals surface area contributed by atoms with Crippen molar-refractivity contribution >= 4 is 18.2 Å². The first-order valence-electron chi connectivity index (χ1n) is 2.17. The maximum atomic E-state index is 10.4. The Labute approximate surface area is 58.1 Å². The molecule has 1 aromatic rings. The Bertz CT molecular complexity index is 184. The summed E-state index contributed by atoms with van der Waals surface area (Å²) in [7, 11) is 0. The van der Waals surface area contributed by atoms with Crippen molar-refractivity contribution in [3.8, 4) is 0 Å². The summed E-state index contributed by atoms with van der Waals surface area (Å²) in [5.74, 6) is -0.0706. The van der Waals surface area contributed by atoms with Crippen molar-refractivity contribution < 1.29 is 4.79 Å². The summed E-state index contributed by atoms with van der Waals surface area (Å²) in [6.45, 7) is 1.44. The van der Waals surface area contributed by atoms with Crippen molar-refractivity contribution in [2.45, 2.75) is 6.92 Å². The van der Waals surface area contributed by atoms with Crippen molar-refractivity contribution in [2.24, 2.45) is 0 Å². The van der Waals surface area contributed by atoms with Gasteiger partial charge in [-0.25, -0.2) is 0 Å². The lowest BCUT2D eigenvalue weighted by atomic mass is 10.3. The van der Waals surface area contributed by atoms with Crippen LogP contribution in [0.1, 0.15) is 17.4 Å². The van der Waals surface area contributed by atoms with Gasteiger partial charge in [-0.3, -0.25) is 4.79 Å². The minimum absolute atomic E-state index is 0. The second kappa shape index (κ2) is 3.19. The number of H-pyrrole nitrogens is 1. The molecule has 4 nitrogen and oxygen atoms in total. The zero-order valence-electron chi connectivity index (χ0n) is 4.79. The van der Waals surface area contributed by atoms with Gasteiger partial charge in [0.2, 0.25) is 0 Å². The molecule has 0 aromatic carbocycles. The van der Waals surface area contributed by atoms with Gasteiger partial charge in [0.1, 0.15) is 5.69 Å². The van der Waals surface area contributed by atoms with E-state index in [1.54, 1.807) is 0 Å². The number of carbonyl (C=O) groups excluding carboxylic acids is 1. The van der Waals surface area contributed by atoms with Gasteiger partial charge >= 0.3 is 0 Å². The van der Waals surface area contributed by atoms with E-state index in [4.69, 9.17) is 0 Å². The van der Waals surface area contributed by atoms with E-state index in [0.717, 1.165) is 0 Å². The Hall–Kier alpha value is -0.900. The van der Waals surface area contributed by atoms with Crippen LogP contribution in [-0.2, 0) is 0 Å². The molecule has 0 saturated heterocycles. The molecule has 0 spiro atoms. The molecule has 0 saturated carbocycles. The molecule has 0 atom stereocenters. The number of aromatic amines is 1. The molecular formula is C4H6ClN3O. The summed E-state index contributed by atoms with van der Waals surface area (Å²) in [6, 6.07) is 0. The lowest BCUT2D eigenvalue weighted by Crippen LogP contribution is -1.90. The summed E-state index contributed by atoms with van der Waals surface area (Å²) in [5.41, 5.74) is 0.380. The van der Waals surface area contributed by atoms with Gasteiger partial charge in [0, 0.05) is 6.92 Å². The quantitative estimate of drug-likeness (QED) is 0.586. The predicted octanol–water partition coefficient (Wildman–Crippen LogP) is 0.429. The Kier molecular flexibility index (Phi) is 2.87. The number of carbonyl (C=O) groups is 1. The van der Waals surface area contributed by atoms with Crippen molar-refractivity contribution in [1.82, 2.24) is 15.4 Å². The van der Waals surface area contributed by atoms with Gasteiger partial charge in [0.15, 0.2) is 5.78 Å². The molecule has 0 aliphatic carbocycles. The van der Waals surface area contributed by atoms with Crippen molar-refractivity contribution in [3.63, 3.8) is 0 Å². The minimum atomic E-state index is -0.0706. The summed E-state index contributed by atoms with van der Waals surface area (Å²) in [6.07, 6.45) is 1.39. The van der Waals surface area contributed by atoms with Gasteiger partial charge in [-0.1, -0.05) is 0 Å². The van der Waals surface area contributed by atoms with E-state index in [0.29, 0.717) is 5.69 Å². The predicted molar refractivity (Wildman–Crippen MR) is 33.6 cm³/mol. The number of rotatable bonds is 1. The molecule has 0 aliphatic heterocycles. The molecule has 5 heteroatoms. The van der Waals surface area contributed by atoms with Crippen molar-refractivity contribution in [1.29, 1.82) is 0 Å². The number of aromatic nitrogens is 3. The first-order chi connectivity index (χ1) is 3.80. The molecule has 0 amide bonds. The molecule has 0 bridgehead atoms. The highest BCUT2D eigenvalue weighted by molar-refractivity contribution is 5.91. The number of halogens is 1. The van der Waals surface area contributed by atoms with Crippen LogP contribution >= 0.6 is 12.4 Å². The van der Waals surface area contributed by atoms with Crippen molar-refractivity contribution in [2.75, 3.05) is 0 Å². The lowest BCUT2D eigenvalue weighted by molar-refractivity contribution is 0.101. The molecular weight excluding hydrogens is 142 g/mol. The SMILES string of the molecule is CC(=O)c1cn[nH]n1.Cl. The third-order valence-electron chi connectivity index (χ3n) is 0.776. The minimum Gasteiger partial charge on any atom is -0.293 e. The molecule has 1 rings (SSSR count). The number of Topliss-reactive ketones (excluding diaryl/α,β-unsaturated/α-hetero) is 1. The molecule has 1 N–H and O–H groups in total. The zero-order chi connectivity index (χ0) is 5.98. The van der Waals surface area contributed by atoms with Gasteiger partial charge < -0.3 is 0 Å². The second-order valence-corrected chi connectivity index (χ2v) is 1.41. The second-order valence-electron chi connectivity index (χ2n) is 1.41. The fraction of sp³-hybridized carbons (Fsp3) is 0.250. The Morgan fingerprint density at radius 1 is 1.78 bits per heavy atom. The Balaban J connectivity index is 0.000000640. The van der Waals surface area contributed by atoms with Crippen LogP contribution < -0.4 is 0 Å². The van der Waals surface area contributed by atoms with E-state index in [1.165, 1.54) is 13.1 Å². The first kappa shape index (κ1) is 8.10. The van der Waals surface area contributed by atoms with Gasteiger partial charge in [-0.2, -0.15) is 15.4 Å². The van der Waals surface area contributed by atoms with E-state index < -0.39 is 0 Å². The van der Waals surface area contributed by atoms with Gasteiger partial charge in [-0.05, 0) is 0 Å². The largest absolute Gasteiger partial charge is 0.293 e. The third kappa shape index (κ3) is 1.81. The normalized spacial score (nSPS) is 8.11. The van der Waals surface area contributed by atoms with E-state index in [-0.39, 0.29) is 18.2 Å². The molecule has 50 valence electrons. The third-order valence-corrected chi connectivity index (χ3v) is 0.776. The number of hydrogen-bond donors (Lipinski definition) is 1. The van der Waals surface area contributed by atoms with Crippen LogP contribution in [0.2, 0.25) is 0 Å². The number of nitrogens with zero attached hydrogens (tertiary/aromatic N) is 2. The first-order valence-corrected chi connectivity index (χ1v) is 2.17. The highest BCUT2D eigenvalue weighted by atomic mass is 35.5. The van der Waals surface area contributed by atoms with Gasteiger partial charge in [0.05, 0.1) is 6.20 Å². The Morgan fingerprint density at radius 2 is 2.44 bits per heavy atom.